The van der Waals surface area contributed by atoms with Crippen LogP contribution in [-0.4, -0.2) is 54.7 Å². The molecule has 1 aromatic rings. The summed E-state index contributed by atoms with van der Waals surface area (Å²) in [7, 11) is 1.59. The van der Waals surface area contributed by atoms with E-state index in [1.54, 1.807) is 13.2 Å². The maximum absolute atomic E-state index is 10.2. The maximum atomic E-state index is 10.2. The minimum atomic E-state index is 0.224. The fraction of sp³-hybridized carbons (Fsp3) is 0.474. The molecule has 0 unspecified atom stereocenters. The van der Waals surface area contributed by atoms with Crippen LogP contribution >= 0.6 is 0 Å². The second-order valence-electron chi connectivity index (χ2n) is 6.31. The minimum Gasteiger partial charge on any atom is -0.504 e. The molecule has 4 nitrogen and oxygen atoms in total. The first-order valence-electron chi connectivity index (χ1n) is 8.12. The monoisotopic (exact) mass is 316 g/mol. The molecule has 2 rings (SSSR count). The Labute approximate surface area is 139 Å². The number of hydrogen-bond acceptors (Lipinski definition) is 4. The Morgan fingerprint density at radius 2 is 1.91 bits per heavy atom. The van der Waals surface area contributed by atoms with Crippen LogP contribution in [0.25, 0.3) is 0 Å². The quantitative estimate of drug-likeness (QED) is 0.785. The summed E-state index contributed by atoms with van der Waals surface area (Å²) in [5, 5.41) is 10.2. The van der Waals surface area contributed by atoms with E-state index in [2.05, 4.69) is 35.9 Å². The number of ether oxygens (including phenoxy) is 1. The van der Waals surface area contributed by atoms with E-state index in [4.69, 9.17) is 4.74 Å². The van der Waals surface area contributed by atoms with Gasteiger partial charge in [-0.2, -0.15) is 0 Å². The van der Waals surface area contributed by atoms with Gasteiger partial charge in [0.2, 0.25) is 0 Å². The van der Waals surface area contributed by atoms with Crippen molar-refractivity contribution in [1.29, 1.82) is 0 Å². The van der Waals surface area contributed by atoms with Gasteiger partial charge in [-0.1, -0.05) is 24.3 Å². The summed E-state index contributed by atoms with van der Waals surface area (Å²) in [6, 6.07) is 3.99. The number of allylic oxidation sites excluding steroid dienone is 1. The van der Waals surface area contributed by atoms with E-state index in [-0.39, 0.29) is 5.75 Å². The first kappa shape index (κ1) is 17.6. The predicted octanol–water partition coefficient (Wildman–Crippen LogP) is 2.82. The van der Waals surface area contributed by atoms with Crippen LogP contribution in [0.1, 0.15) is 18.1 Å². The molecule has 0 radical (unpaired) electrons. The van der Waals surface area contributed by atoms with Crippen molar-refractivity contribution in [1.82, 2.24) is 9.80 Å². The van der Waals surface area contributed by atoms with Gasteiger partial charge in [0, 0.05) is 44.8 Å². The number of phenolic OH excluding ortho intramolecular Hbond substituents is 1. The van der Waals surface area contributed by atoms with Gasteiger partial charge in [-0.05, 0) is 25.0 Å². The van der Waals surface area contributed by atoms with E-state index >= 15 is 0 Å². The van der Waals surface area contributed by atoms with Gasteiger partial charge in [0.25, 0.3) is 0 Å². The first-order valence-corrected chi connectivity index (χ1v) is 8.12. The Bertz CT molecular complexity index is 561. The van der Waals surface area contributed by atoms with Gasteiger partial charge in [-0.3, -0.25) is 9.80 Å². The highest BCUT2D eigenvalue weighted by Crippen LogP contribution is 2.32. The smallest absolute Gasteiger partial charge is 0.161 e. The summed E-state index contributed by atoms with van der Waals surface area (Å²) < 4.78 is 5.30. The van der Waals surface area contributed by atoms with Crippen molar-refractivity contribution in [2.45, 2.75) is 19.9 Å². The molecule has 1 aliphatic rings. The summed E-state index contributed by atoms with van der Waals surface area (Å²) >= 11 is 0. The van der Waals surface area contributed by atoms with Crippen molar-refractivity contribution in [3.05, 3.63) is 48.1 Å². The summed E-state index contributed by atoms with van der Waals surface area (Å²) in [4.78, 5) is 4.89. The molecule has 1 saturated heterocycles. The van der Waals surface area contributed by atoms with Crippen LogP contribution in [0.2, 0.25) is 0 Å². The third-order valence-corrected chi connectivity index (χ3v) is 4.16. The highest BCUT2D eigenvalue weighted by molar-refractivity contribution is 5.49. The Morgan fingerprint density at radius 3 is 2.48 bits per heavy atom. The molecule has 1 aliphatic heterocycles. The topological polar surface area (TPSA) is 35.9 Å². The Morgan fingerprint density at radius 1 is 1.26 bits per heavy atom. The standard InChI is InChI=1S/C19H28N2O2/c1-5-6-17-11-16(12-18(23-4)19(17)22)14-21-9-7-20(8-10-21)13-15(2)3/h5,11-12,22H,1-2,6-10,13-14H2,3-4H3. The Hall–Kier alpha value is -1.78. The molecule has 4 heteroatoms. The van der Waals surface area contributed by atoms with Gasteiger partial charge < -0.3 is 9.84 Å². The van der Waals surface area contributed by atoms with E-state index in [1.807, 2.05) is 6.07 Å². The lowest BCUT2D eigenvalue weighted by Gasteiger charge is -2.34. The zero-order valence-electron chi connectivity index (χ0n) is 14.3. The second kappa shape index (κ2) is 8.18. The van der Waals surface area contributed by atoms with Crippen molar-refractivity contribution in [3.8, 4) is 11.5 Å². The zero-order chi connectivity index (χ0) is 16.8. The molecule has 1 aromatic carbocycles. The predicted molar refractivity (Wildman–Crippen MR) is 95.1 cm³/mol. The van der Waals surface area contributed by atoms with Crippen molar-refractivity contribution >= 4 is 0 Å². The van der Waals surface area contributed by atoms with Crippen LogP contribution in [0.15, 0.2) is 36.9 Å². The van der Waals surface area contributed by atoms with E-state index < -0.39 is 0 Å². The molecular weight excluding hydrogens is 288 g/mol. The molecule has 0 amide bonds. The van der Waals surface area contributed by atoms with Crippen LogP contribution < -0.4 is 4.74 Å². The first-order chi connectivity index (χ1) is 11.0. The number of aromatic hydroxyl groups is 1. The molecule has 23 heavy (non-hydrogen) atoms. The molecule has 1 fully saturated rings. The lowest BCUT2D eigenvalue weighted by molar-refractivity contribution is 0.135. The van der Waals surface area contributed by atoms with Crippen molar-refractivity contribution in [2.75, 3.05) is 39.8 Å². The maximum Gasteiger partial charge on any atom is 0.161 e. The number of hydrogen-bond donors (Lipinski definition) is 1. The SMILES string of the molecule is C=CCc1cc(CN2CCN(CC(=C)C)CC2)cc(OC)c1O. The van der Waals surface area contributed by atoms with Crippen LogP contribution in [0, 0.1) is 0 Å². The molecular formula is C19H28N2O2. The van der Waals surface area contributed by atoms with E-state index in [0.29, 0.717) is 12.2 Å². The van der Waals surface area contributed by atoms with Crippen LogP contribution in [0.3, 0.4) is 0 Å². The Kier molecular flexibility index (Phi) is 6.25. The summed E-state index contributed by atoms with van der Waals surface area (Å²) in [5.74, 6) is 0.766. The van der Waals surface area contributed by atoms with E-state index in [0.717, 1.165) is 44.8 Å². The number of rotatable bonds is 7. The summed E-state index contributed by atoms with van der Waals surface area (Å²) in [5.41, 5.74) is 3.26. The third-order valence-electron chi connectivity index (χ3n) is 4.16. The molecule has 1 heterocycles. The molecule has 0 atom stereocenters. The fourth-order valence-electron chi connectivity index (χ4n) is 3.03. The normalized spacial score (nSPS) is 16.3. The summed E-state index contributed by atoms with van der Waals surface area (Å²) in [6.45, 7) is 15.9. The Balaban J connectivity index is 2.02. The molecule has 0 aromatic heterocycles. The highest BCUT2D eigenvalue weighted by atomic mass is 16.5. The molecule has 0 bridgehead atoms. The van der Waals surface area contributed by atoms with Gasteiger partial charge in [0.15, 0.2) is 11.5 Å². The van der Waals surface area contributed by atoms with Gasteiger partial charge in [0.1, 0.15) is 0 Å². The number of benzene rings is 1. The number of methoxy groups -OCH3 is 1. The van der Waals surface area contributed by atoms with Crippen molar-refractivity contribution < 1.29 is 9.84 Å². The third kappa shape index (κ3) is 4.85. The lowest BCUT2D eigenvalue weighted by Crippen LogP contribution is -2.46. The van der Waals surface area contributed by atoms with Crippen molar-refractivity contribution in [2.24, 2.45) is 0 Å². The van der Waals surface area contributed by atoms with Gasteiger partial charge >= 0.3 is 0 Å². The number of phenols is 1. The largest absolute Gasteiger partial charge is 0.504 e. The van der Waals surface area contributed by atoms with Gasteiger partial charge in [-0.25, -0.2) is 0 Å². The minimum absolute atomic E-state index is 0.224. The average molecular weight is 316 g/mol. The van der Waals surface area contributed by atoms with Crippen molar-refractivity contribution in [3.63, 3.8) is 0 Å². The summed E-state index contributed by atoms with van der Waals surface area (Å²) in [6.07, 6.45) is 2.44. The fourth-order valence-corrected chi connectivity index (χ4v) is 3.03. The van der Waals surface area contributed by atoms with Gasteiger partial charge in [-0.15, -0.1) is 6.58 Å². The average Bonchev–Trinajstić information content (AvgIpc) is 2.52. The second-order valence-corrected chi connectivity index (χ2v) is 6.31. The molecule has 0 spiro atoms. The highest BCUT2D eigenvalue weighted by Gasteiger charge is 2.18. The molecule has 0 aliphatic carbocycles. The molecule has 126 valence electrons. The van der Waals surface area contributed by atoms with Crippen LogP contribution in [-0.2, 0) is 13.0 Å². The van der Waals surface area contributed by atoms with E-state index in [9.17, 15) is 5.11 Å². The lowest BCUT2D eigenvalue weighted by atomic mass is 10.0. The molecule has 0 saturated carbocycles. The van der Waals surface area contributed by atoms with Gasteiger partial charge in [0.05, 0.1) is 7.11 Å². The number of nitrogens with zero attached hydrogens (tertiary/aromatic N) is 2. The molecule has 1 N–H and O–H groups in total. The zero-order valence-corrected chi connectivity index (χ0v) is 14.3. The van der Waals surface area contributed by atoms with Crippen LogP contribution in [0.5, 0.6) is 11.5 Å². The van der Waals surface area contributed by atoms with E-state index in [1.165, 1.54) is 11.1 Å². The van der Waals surface area contributed by atoms with Crippen LogP contribution in [0.4, 0.5) is 0 Å². The number of piperazine rings is 1.